The van der Waals surface area contributed by atoms with Crippen molar-refractivity contribution in [2.24, 2.45) is 0 Å². The number of carbonyl (C=O) groups excluding carboxylic acids is 3. The van der Waals surface area contributed by atoms with Gasteiger partial charge < -0.3 is 67.3 Å². The normalized spacial score (nSPS) is 22.7. The fraction of sp³-hybridized carbons (Fsp3) is 0.318. The molecule has 2 N–H and O–H groups in total. The molecule has 0 spiro atoms. The molecule has 0 saturated carbocycles. The lowest BCUT2D eigenvalue weighted by Gasteiger charge is -2.49. The minimum Gasteiger partial charge on any atom is -0.445 e. The third kappa shape index (κ3) is 17.0. The molecule has 0 unspecified atom stereocenters. The van der Waals surface area contributed by atoms with Gasteiger partial charge in [0.1, 0.15) is 61.6 Å². The Kier molecular flexibility index (Phi) is 22.1. The molecule has 2 fully saturated rings. The van der Waals surface area contributed by atoms with E-state index < -0.39 is 84.0 Å². The summed E-state index contributed by atoms with van der Waals surface area (Å²) in [5.74, 6) is -0.0993. The number of aliphatic hydroxyl groups excluding tert-OH is 1. The summed E-state index contributed by atoms with van der Waals surface area (Å²) in [6.07, 6.45) is -14.6. The number of amides is 1. The molecule has 450 valence electrons. The van der Waals surface area contributed by atoms with Crippen molar-refractivity contribution in [3.05, 3.63) is 233 Å². The third-order valence-corrected chi connectivity index (χ3v) is 15.0. The second-order valence-corrected chi connectivity index (χ2v) is 23.1. The lowest BCUT2D eigenvalue weighted by molar-refractivity contribution is -0.358. The number of benzene rings is 7. The first-order valence-corrected chi connectivity index (χ1v) is 29.1. The maximum absolute atomic E-state index is 14.8. The summed E-state index contributed by atoms with van der Waals surface area (Å²) < 4.78 is 74.4. The number of aliphatic hydroxyl groups is 1. The molecule has 2 aliphatic heterocycles. The van der Waals surface area contributed by atoms with Crippen molar-refractivity contribution in [1.82, 2.24) is 5.32 Å². The van der Waals surface area contributed by atoms with Crippen LogP contribution in [0.3, 0.4) is 0 Å². The smallest absolute Gasteiger partial charge is 0.445 e. The monoisotopic (exact) mass is 1230 g/mol. The highest BCUT2D eigenvalue weighted by Gasteiger charge is 2.55. The predicted octanol–water partition coefficient (Wildman–Crippen LogP) is 11.3. The van der Waals surface area contributed by atoms with Crippen molar-refractivity contribution in [1.29, 1.82) is 0 Å². The fourth-order valence-corrected chi connectivity index (χ4v) is 10.7. The van der Waals surface area contributed by atoms with Gasteiger partial charge in [-0.1, -0.05) is 217 Å². The van der Waals surface area contributed by atoms with Crippen molar-refractivity contribution >= 4 is 53.5 Å². The first kappa shape index (κ1) is 62.1. The van der Waals surface area contributed by atoms with E-state index in [4.69, 9.17) is 91.6 Å². The molecule has 20 heteroatoms. The Morgan fingerprint density at radius 1 is 0.512 bits per heavy atom. The van der Waals surface area contributed by atoms with Crippen molar-refractivity contribution in [2.45, 2.75) is 104 Å². The SMILES string of the molecule is O=COc1ccc(CO[C@@H]2O[C@H](COCc3ccccc3)[C@@H](O[C@@H]3O[C@H](COCc4ccccc4)[C@H](OCc4ccccc4)[C@H](OCc4ccccc4)[C@H]3O)[C@H](OC(=O)OCC3c4ccccc4-c4ccccc43)[C@H]2NC(=O)OCC(Cl)(Cl)Cl)cc1. The zero-order valence-corrected chi connectivity index (χ0v) is 48.7. The van der Waals surface area contributed by atoms with E-state index >= 15 is 0 Å². The zero-order chi connectivity index (χ0) is 59.7. The van der Waals surface area contributed by atoms with E-state index in [0.717, 1.165) is 44.5 Å². The van der Waals surface area contributed by atoms with Crippen molar-refractivity contribution < 1.29 is 76.3 Å². The Hall–Kier alpha value is -6.94. The third-order valence-electron chi connectivity index (χ3n) is 14.6. The number of alkyl halides is 3. The van der Waals surface area contributed by atoms with Crippen molar-refractivity contribution in [3.63, 3.8) is 0 Å². The van der Waals surface area contributed by atoms with E-state index in [1.54, 1.807) is 24.3 Å². The lowest BCUT2D eigenvalue weighted by atomic mass is 9.95. The fourth-order valence-electron chi connectivity index (χ4n) is 10.6. The molecule has 2 heterocycles. The van der Waals surface area contributed by atoms with Gasteiger partial charge in [0.2, 0.25) is 3.79 Å². The van der Waals surface area contributed by atoms with Crippen molar-refractivity contribution in [3.8, 4) is 16.9 Å². The predicted molar refractivity (Wildman–Crippen MR) is 317 cm³/mol. The van der Waals surface area contributed by atoms with E-state index in [9.17, 15) is 19.5 Å². The van der Waals surface area contributed by atoms with Crippen LogP contribution in [0.4, 0.5) is 9.59 Å². The quantitative estimate of drug-likeness (QED) is 0.0295. The topological polar surface area (TPSA) is 194 Å². The summed E-state index contributed by atoms with van der Waals surface area (Å²) in [6, 6.07) is 58.6. The average molecular weight is 1230 g/mol. The Morgan fingerprint density at radius 2 is 0.977 bits per heavy atom. The number of nitrogens with one attached hydrogen (secondary N) is 1. The molecule has 1 amide bonds. The maximum Gasteiger partial charge on any atom is 0.508 e. The van der Waals surface area contributed by atoms with E-state index in [-0.39, 0.29) is 64.5 Å². The standard InChI is InChI=1S/C66H64Cl3NO16/c67-66(68,69)41-81-64(73)70-56-60(86-65(74)80-38-53-51-27-15-13-25-49(51)50-26-14-16-28-52(50)53)59(55(40-76-34-44-19-7-2-8-20-44)83-62(56)79-37-47-29-31-48(32-30-47)82-42-71)85-63-57(72)61(78-36-46-23-11-4-12-24-46)58(77-35-45-21-9-3-10-22-45)54(84-63)39-75-33-43-17-5-1-6-18-43/h1-32,42,53-63,72H,33-41H2,(H,70,73)/t54-,55-,56-,57-,58+,59-,60-,61-,62-,63+/m1/s1. The van der Waals surface area contributed by atoms with Crippen LogP contribution in [0.2, 0.25) is 0 Å². The van der Waals surface area contributed by atoms with E-state index in [0.29, 0.717) is 12.0 Å². The maximum atomic E-state index is 14.8. The molecule has 0 radical (unpaired) electrons. The van der Waals surface area contributed by atoms with Crippen LogP contribution < -0.4 is 10.1 Å². The number of rotatable bonds is 26. The van der Waals surface area contributed by atoms with Gasteiger partial charge in [-0.05, 0) is 62.2 Å². The molecule has 1 aliphatic carbocycles. The van der Waals surface area contributed by atoms with Crippen molar-refractivity contribution in [2.75, 3.05) is 26.4 Å². The molecular formula is C66H64Cl3NO16. The Bertz CT molecular complexity index is 3190. The number of alkyl carbamates (subject to hydrolysis) is 1. The Morgan fingerprint density at radius 3 is 1.51 bits per heavy atom. The van der Waals surface area contributed by atoms with E-state index in [1.807, 2.05) is 170 Å². The molecule has 10 rings (SSSR count). The minimum atomic E-state index is -2.03. The van der Waals surface area contributed by atoms with Crippen LogP contribution in [-0.4, -0.2) is 115 Å². The molecule has 10 atom stereocenters. The van der Waals surface area contributed by atoms with Crippen LogP contribution in [0.25, 0.3) is 11.1 Å². The van der Waals surface area contributed by atoms with Gasteiger partial charge in [-0.25, -0.2) is 9.59 Å². The molecule has 0 bridgehead atoms. The molecule has 0 aromatic heterocycles. The summed E-state index contributed by atoms with van der Waals surface area (Å²) in [5.41, 5.74) is 7.84. The van der Waals surface area contributed by atoms with Gasteiger partial charge >= 0.3 is 12.2 Å². The van der Waals surface area contributed by atoms with Crippen LogP contribution in [0.1, 0.15) is 44.9 Å². The second-order valence-electron chi connectivity index (χ2n) is 20.6. The molecule has 7 aromatic rings. The molecule has 2 saturated heterocycles. The number of carbonyl (C=O) groups is 3. The number of fused-ring (bicyclic) bond motifs is 3. The number of halogens is 3. The van der Waals surface area contributed by atoms with Crippen LogP contribution in [0.5, 0.6) is 5.75 Å². The first-order valence-electron chi connectivity index (χ1n) is 28.0. The highest BCUT2D eigenvalue weighted by molar-refractivity contribution is 6.67. The van der Waals surface area contributed by atoms with E-state index in [1.165, 1.54) is 0 Å². The van der Waals surface area contributed by atoms with Crippen LogP contribution in [-0.2, 0) is 89.9 Å². The summed E-state index contributed by atoms with van der Waals surface area (Å²) in [5, 5.41) is 15.6. The van der Waals surface area contributed by atoms with E-state index in [2.05, 4.69) is 5.32 Å². The molecule has 17 nitrogen and oxygen atoms in total. The van der Waals surface area contributed by atoms with Crippen LogP contribution in [0, 0.1) is 0 Å². The van der Waals surface area contributed by atoms with Gasteiger partial charge in [-0.15, -0.1) is 0 Å². The Balaban J connectivity index is 1.02. The van der Waals surface area contributed by atoms with Crippen LogP contribution in [0.15, 0.2) is 194 Å². The lowest BCUT2D eigenvalue weighted by Crippen LogP contribution is -2.69. The molecule has 7 aromatic carbocycles. The van der Waals surface area contributed by atoms with Gasteiger partial charge in [0.15, 0.2) is 18.7 Å². The first-order chi connectivity index (χ1) is 42.0. The summed E-state index contributed by atoms with van der Waals surface area (Å²) in [6.45, 7) is -0.598. The zero-order valence-electron chi connectivity index (χ0n) is 46.5. The number of hydrogen-bond donors (Lipinski definition) is 2. The number of ether oxygens (including phenoxy) is 12. The summed E-state index contributed by atoms with van der Waals surface area (Å²) >= 11 is 18.2. The molecule has 86 heavy (non-hydrogen) atoms. The second kappa shape index (κ2) is 30.6. The Labute approximate surface area is 513 Å². The van der Waals surface area contributed by atoms with Gasteiger partial charge in [0, 0.05) is 5.92 Å². The van der Waals surface area contributed by atoms with Crippen LogP contribution >= 0.6 is 34.8 Å². The number of hydrogen-bond acceptors (Lipinski definition) is 16. The van der Waals surface area contributed by atoms with Gasteiger partial charge in [-0.3, -0.25) is 4.79 Å². The largest absolute Gasteiger partial charge is 0.508 e. The van der Waals surface area contributed by atoms with Gasteiger partial charge in [-0.2, -0.15) is 0 Å². The highest BCUT2D eigenvalue weighted by atomic mass is 35.6. The molecule has 3 aliphatic rings. The molecular weight excluding hydrogens is 1170 g/mol. The average Bonchev–Trinajstić information content (AvgIpc) is 2.94. The van der Waals surface area contributed by atoms with Gasteiger partial charge in [0.25, 0.3) is 6.47 Å². The minimum absolute atomic E-state index is 0.0439. The van der Waals surface area contributed by atoms with Gasteiger partial charge in [0.05, 0.1) is 46.2 Å². The highest BCUT2D eigenvalue weighted by Crippen LogP contribution is 2.45. The summed E-state index contributed by atoms with van der Waals surface area (Å²) in [4.78, 5) is 40.0. The summed E-state index contributed by atoms with van der Waals surface area (Å²) in [7, 11) is 0.